The van der Waals surface area contributed by atoms with Crippen molar-refractivity contribution >= 4 is 11.6 Å². The summed E-state index contributed by atoms with van der Waals surface area (Å²) < 4.78 is 13.2. The molecule has 6 heteroatoms. The summed E-state index contributed by atoms with van der Waals surface area (Å²) >= 11 is 5.82. The number of nitrogens with zero attached hydrogens (tertiary/aromatic N) is 2. The van der Waals surface area contributed by atoms with Crippen LogP contribution in [0.2, 0.25) is 5.02 Å². The van der Waals surface area contributed by atoms with Gasteiger partial charge in [-0.1, -0.05) is 17.7 Å². The van der Waals surface area contributed by atoms with E-state index in [1.165, 1.54) is 6.07 Å². The molecule has 0 aliphatic carbocycles. The molecule has 2 aromatic rings. The van der Waals surface area contributed by atoms with Gasteiger partial charge in [0, 0.05) is 12.0 Å². The summed E-state index contributed by atoms with van der Waals surface area (Å²) in [5.41, 5.74) is 2.78. The minimum absolute atomic E-state index is 0.111. The maximum absolute atomic E-state index is 13.2. The Balaban J connectivity index is 1.85. The first-order chi connectivity index (χ1) is 10.1. The van der Waals surface area contributed by atoms with Crippen molar-refractivity contribution < 1.29 is 9.60 Å². The van der Waals surface area contributed by atoms with Crippen molar-refractivity contribution in [2.24, 2.45) is 0 Å². The van der Waals surface area contributed by atoms with Gasteiger partial charge in [0.05, 0.1) is 16.9 Å². The molecule has 112 valence electrons. The zero-order chi connectivity index (χ0) is 14.8. The Kier molecular flexibility index (Phi) is 4.12. The van der Waals surface area contributed by atoms with E-state index in [1.807, 2.05) is 0 Å². The summed E-state index contributed by atoms with van der Waals surface area (Å²) in [7, 11) is 0. The third kappa shape index (κ3) is 3.19. The third-order valence-corrected chi connectivity index (χ3v) is 4.24. The molecule has 21 heavy (non-hydrogen) atoms. The minimum atomic E-state index is -0.424. The molecule has 0 amide bonds. The topological polar surface area (TPSA) is 50.1 Å². The van der Waals surface area contributed by atoms with Gasteiger partial charge in [0.2, 0.25) is 0 Å². The fourth-order valence-corrected chi connectivity index (χ4v) is 3.07. The van der Waals surface area contributed by atoms with Crippen LogP contribution in [0.4, 0.5) is 4.39 Å². The van der Waals surface area contributed by atoms with Crippen LogP contribution in [0.15, 0.2) is 24.4 Å². The van der Waals surface area contributed by atoms with E-state index in [4.69, 9.17) is 11.6 Å². The van der Waals surface area contributed by atoms with E-state index >= 15 is 0 Å². The van der Waals surface area contributed by atoms with Crippen LogP contribution in [0.3, 0.4) is 0 Å². The number of rotatable bonds is 3. The molecule has 1 aliphatic rings. The van der Waals surface area contributed by atoms with Crippen LogP contribution in [0.25, 0.3) is 0 Å². The number of hydrogen-bond acceptors (Lipinski definition) is 3. The lowest BCUT2D eigenvalue weighted by atomic mass is 9.89. The second kappa shape index (κ2) is 6.03. The van der Waals surface area contributed by atoms with Gasteiger partial charge in [-0.25, -0.2) is 4.39 Å². The molecule has 1 fully saturated rings. The Morgan fingerprint density at radius 1 is 1.38 bits per heavy atom. The van der Waals surface area contributed by atoms with Gasteiger partial charge in [-0.2, -0.15) is 0 Å². The summed E-state index contributed by atoms with van der Waals surface area (Å²) in [4.78, 5) is 0.873. The van der Waals surface area contributed by atoms with Crippen molar-refractivity contribution in [3.05, 3.63) is 52.1 Å². The molecular formula is C15H17ClFN3O. The van der Waals surface area contributed by atoms with Crippen LogP contribution >= 0.6 is 11.6 Å². The molecule has 0 saturated carbocycles. The van der Waals surface area contributed by atoms with E-state index in [0.717, 1.165) is 47.6 Å². The van der Waals surface area contributed by atoms with Crippen molar-refractivity contribution in [2.75, 3.05) is 13.1 Å². The Hall–Kier alpha value is -1.59. The monoisotopic (exact) mass is 309 g/mol. The molecule has 1 aromatic carbocycles. The SMILES string of the molecule is On1cc(C2CCNCC2)c(Cc2ccc(F)c(Cl)c2)n1. The molecule has 1 aromatic heterocycles. The summed E-state index contributed by atoms with van der Waals surface area (Å²) in [6.45, 7) is 1.95. The van der Waals surface area contributed by atoms with Crippen molar-refractivity contribution in [1.82, 2.24) is 15.3 Å². The van der Waals surface area contributed by atoms with Crippen molar-refractivity contribution in [2.45, 2.75) is 25.2 Å². The Morgan fingerprint density at radius 3 is 2.86 bits per heavy atom. The van der Waals surface area contributed by atoms with Crippen LogP contribution in [0.5, 0.6) is 0 Å². The maximum atomic E-state index is 13.2. The first kappa shape index (κ1) is 14.4. The number of aromatic nitrogens is 2. The first-order valence-corrected chi connectivity index (χ1v) is 7.43. The molecule has 0 unspecified atom stereocenters. The first-order valence-electron chi connectivity index (χ1n) is 7.06. The second-order valence-electron chi connectivity index (χ2n) is 5.40. The Bertz CT molecular complexity index is 638. The summed E-state index contributed by atoms with van der Waals surface area (Å²) in [5.74, 6) is -0.0234. The number of benzene rings is 1. The van der Waals surface area contributed by atoms with Gasteiger partial charge in [0.25, 0.3) is 0 Å². The zero-order valence-corrected chi connectivity index (χ0v) is 12.3. The molecule has 3 rings (SSSR count). The molecule has 0 radical (unpaired) electrons. The lowest BCUT2D eigenvalue weighted by Crippen LogP contribution is -2.26. The quantitative estimate of drug-likeness (QED) is 0.857. The molecule has 0 bridgehead atoms. The normalized spacial score (nSPS) is 16.3. The highest BCUT2D eigenvalue weighted by atomic mass is 35.5. The third-order valence-electron chi connectivity index (χ3n) is 3.95. The van der Waals surface area contributed by atoms with E-state index in [-0.39, 0.29) is 5.02 Å². The summed E-state index contributed by atoms with van der Waals surface area (Å²) in [5, 5.41) is 17.2. The van der Waals surface area contributed by atoms with Gasteiger partial charge < -0.3 is 10.5 Å². The number of halogens is 2. The number of hydrogen-bond donors (Lipinski definition) is 2. The molecular weight excluding hydrogens is 293 g/mol. The minimum Gasteiger partial charge on any atom is -0.412 e. The van der Waals surface area contributed by atoms with Gasteiger partial charge in [-0.3, -0.25) is 0 Å². The van der Waals surface area contributed by atoms with E-state index in [1.54, 1.807) is 18.3 Å². The van der Waals surface area contributed by atoms with E-state index in [9.17, 15) is 9.60 Å². The summed E-state index contributed by atoms with van der Waals surface area (Å²) in [6.07, 6.45) is 4.27. The lowest BCUT2D eigenvalue weighted by molar-refractivity contribution is 0.147. The predicted molar refractivity (Wildman–Crippen MR) is 78.5 cm³/mol. The molecule has 2 N–H and O–H groups in total. The average molecular weight is 310 g/mol. The van der Waals surface area contributed by atoms with Crippen LogP contribution in [0.1, 0.15) is 35.6 Å². The largest absolute Gasteiger partial charge is 0.412 e. The van der Waals surface area contributed by atoms with Gasteiger partial charge in [-0.15, -0.1) is 9.94 Å². The lowest BCUT2D eigenvalue weighted by Gasteiger charge is -2.22. The molecule has 0 atom stereocenters. The molecule has 0 spiro atoms. The smallest absolute Gasteiger partial charge is 0.141 e. The van der Waals surface area contributed by atoms with Crippen molar-refractivity contribution in [1.29, 1.82) is 0 Å². The van der Waals surface area contributed by atoms with Crippen LogP contribution in [-0.2, 0) is 6.42 Å². The molecule has 1 aliphatic heterocycles. The Morgan fingerprint density at radius 2 is 2.14 bits per heavy atom. The molecule has 4 nitrogen and oxygen atoms in total. The van der Waals surface area contributed by atoms with E-state index in [2.05, 4.69) is 10.4 Å². The van der Waals surface area contributed by atoms with Crippen LogP contribution in [-0.4, -0.2) is 28.2 Å². The highest BCUT2D eigenvalue weighted by molar-refractivity contribution is 6.30. The van der Waals surface area contributed by atoms with Gasteiger partial charge in [0.15, 0.2) is 0 Å². The number of nitrogens with one attached hydrogen (secondary N) is 1. The van der Waals surface area contributed by atoms with Gasteiger partial charge >= 0.3 is 0 Å². The van der Waals surface area contributed by atoms with Crippen LogP contribution in [0, 0.1) is 5.82 Å². The van der Waals surface area contributed by atoms with Crippen molar-refractivity contribution in [3.8, 4) is 0 Å². The summed E-state index contributed by atoms with van der Waals surface area (Å²) in [6, 6.07) is 4.67. The predicted octanol–water partition coefficient (Wildman–Crippen LogP) is 2.97. The fourth-order valence-electron chi connectivity index (χ4n) is 2.86. The standard InChI is InChI=1S/C15H17ClFN3O/c16-13-7-10(1-2-14(13)17)8-15-12(9-20(21)19-15)11-3-5-18-6-4-11/h1-2,7,9,11,18,21H,3-6,8H2. The fraction of sp³-hybridized carbons (Fsp3) is 0.400. The van der Waals surface area contributed by atoms with Crippen molar-refractivity contribution in [3.63, 3.8) is 0 Å². The van der Waals surface area contributed by atoms with Crippen LogP contribution < -0.4 is 5.32 Å². The van der Waals surface area contributed by atoms with E-state index in [0.29, 0.717) is 12.3 Å². The maximum Gasteiger partial charge on any atom is 0.141 e. The van der Waals surface area contributed by atoms with Gasteiger partial charge in [-0.05, 0) is 49.5 Å². The highest BCUT2D eigenvalue weighted by Crippen LogP contribution is 2.29. The zero-order valence-electron chi connectivity index (χ0n) is 11.5. The van der Waals surface area contributed by atoms with E-state index < -0.39 is 5.82 Å². The number of piperidine rings is 1. The Labute approximate surface area is 127 Å². The second-order valence-corrected chi connectivity index (χ2v) is 5.81. The highest BCUT2D eigenvalue weighted by Gasteiger charge is 2.21. The average Bonchev–Trinajstić information content (AvgIpc) is 2.85. The molecule has 2 heterocycles. The molecule has 1 saturated heterocycles. The van der Waals surface area contributed by atoms with Gasteiger partial charge in [0.1, 0.15) is 5.82 Å².